The summed E-state index contributed by atoms with van der Waals surface area (Å²) in [6.07, 6.45) is 2.05. The highest BCUT2D eigenvalue weighted by Crippen LogP contribution is 2.24. The van der Waals surface area contributed by atoms with Crippen molar-refractivity contribution in [2.45, 2.75) is 25.8 Å². The lowest BCUT2D eigenvalue weighted by Crippen LogP contribution is -2.20. The van der Waals surface area contributed by atoms with E-state index < -0.39 is 0 Å². The monoisotopic (exact) mass is 303 g/mol. The van der Waals surface area contributed by atoms with Gasteiger partial charge in [-0.05, 0) is 44.0 Å². The molecule has 3 heteroatoms. The molecule has 0 spiro atoms. The smallest absolute Gasteiger partial charge is 0.123 e. The molecule has 0 radical (unpaired) electrons. The molecule has 2 nitrogen and oxygen atoms in total. The first kappa shape index (κ1) is 15.9. The molecule has 112 valence electrons. The fraction of sp³-hybridized carbons (Fsp3) is 0.333. The maximum atomic E-state index is 6.16. The number of halogens is 1. The van der Waals surface area contributed by atoms with E-state index in [-0.39, 0.29) is 6.04 Å². The second kappa shape index (κ2) is 8.06. The Morgan fingerprint density at radius 3 is 2.57 bits per heavy atom. The average molecular weight is 304 g/mol. The predicted octanol–water partition coefficient (Wildman–Crippen LogP) is 4.63. The summed E-state index contributed by atoms with van der Waals surface area (Å²) < 4.78 is 5.40. The Morgan fingerprint density at radius 1 is 1.10 bits per heavy atom. The van der Waals surface area contributed by atoms with Crippen molar-refractivity contribution in [3.63, 3.8) is 0 Å². The lowest BCUT2D eigenvalue weighted by Gasteiger charge is -2.17. The highest BCUT2D eigenvalue weighted by molar-refractivity contribution is 6.31. The van der Waals surface area contributed by atoms with Crippen molar-refractivity contribution >= 4 is 11.6 Å². The van der Waals surface area contributed by atoms with Gasteiger partial charge in [0.15, 0.2) is 0 Å². The maximum Gasteiger partial charge on any atom is 0.123 e. The third-order valence-electron chi connectivity index (χ3n) is 3.64. The van der Waals surface area contributed by atoms with Gasteiger partial charge in [0, 0.05) is 16.6 Å². The van der Waals surface area contributed by atoms with Crippen LogP contribution in [0.3, 0.4) is 0 Å². The highest BCUT2D eigenvalue weighted by Gasteiger charge is 2.09. The van der Waals surface area contributed by atoms with Crippen LogP contribution in [0.15, 0.2) is 48.5 Å². The normalized spacial score (nSPS) is 12.1. The molecule has 0 bridgehead atoms. The van der Waals surface area contributed by atoms with Crippen LogP contribution in [-0.4, -0.2) is 13.7 Å². The number of benzene rings is 2. The molecule has 1 atom stereocenters. The van der Waals surface area contributed by atoms with Gasteiger partial charge in [-0.1, -0.05) is 48.0 Å². The summed E-state index contributed by atoms with van der Waals surface area (Å²) in [4.78, 5) is 0. The van der Waals surface area contributed by atoms with Crippen LogP contribution in [-0.2, 0) is 6.42 Å². The van der Waals surface area contributed by atoms with Crippen LogP contribution in [0.25, 0.3) is 0 Å². The summed E-state index contributed by atoms with van der Waals surface area (Å²) in [5.41, 5.74) is 2.41. The van der Waals surface area contributed by atoms with E-state index in [1.165, 1.54) is 11.1 Å². The summed E-state index contributed by atoms with van der Waals surface area (Å²) in [5.74, 6) is 0.934. The Morgan fingerprint density at radius 2 is 1.81 bits per heavy atom. The minimum absolute atomic E-state index is 0.271. The molecule has 2 rings (SSSR count). The van der Waals surface area contributed by atoms with Crippen molar-refractivity contribution in [1.82, 2.24) is 5.32 Å². The van der Waals surface area contributed by atoms with E-state index >= 15 is 0 Å². The minimum Gasteiger partial charge on any atom is -0.496 e. The summed E-state index contributed by atoms with van der Waals surface area (Å²) in [5, 5.41) is 4.40. The predicted molar refractivity (Wildman–Crippen MR) is 89.2 cm³/mol. The molecule has 0 heterocycles. The number of hydrogen-bond acceptors (Lipinski definition) is 2. The van der Waals surface area contributed by atoms with E-state index in [1.54, 1.807) is 7.11 Å². The summed E-state index contributed by atoms with van der Waals surface area (Å²) >= 11 is 6.16. The van der Waals surface area contributed by atoms with E-state index in [0.717, 1.165) is 30.2 Å². The Labute approximate surface area is 132 Å². The van der Waals surface area contributed by atoms with E-state index in [0.29, 0.717) is 0 Å². The molecule has 0 amide bonds. The minimum atomic E-state index is 0.271. The fourth-order valence-corrected chi connectivity index (χ4v) is 2.66. The maximum absolute atomic E-state index is 6.16. The number of rotatable bonds is 7. The van der Waals surface area contributed by atoms with E-state index in [4.69, 9.17) is 16.3 Å². The van der Waals surface area contributed by atoms with E-state index in [2.05, 4.69) is 24.4 Å². The van der Waals surface area contributed by atoms with Crippen LogP contribution in [0.4, 0.5) is 0 Å². The quantitative estimate of drug-likeness (QED) is 0.753. The first-order valence-corrected chi connectivity index (χ1v) is 7.70. The van der Waals surface area contributed by atoms with Crippen molar-refractivity contribution in [3.05, 3.63) is 64.7 Å². The number of hydrogen-bond donors (Lipinski definition) is 1. The number of para-hydroxylation sites is 1. The fourth-order valence-electron chi connectivity index (χ4n) is 2.43. The molecule has 0 saturated carbocycles. The molecule has 0 aliphatic carbocycles. The second-order valence-corrected chi connectivity index (χ2v) is 5.52. The number of methoxy groups -OCH3 is 1. The zero-order valence-electron chi connectivity index (χ0n) is 12.6. The molecule has 0 fully saturated rings. The molecule has 21 heavy (non-hydrogen) atoms. The first-order valence-electron chi connectivity index (χ1n) is 7.32. The van der Waals surface area contributed by atoms with Crippen molar-refractivity contribution < 1.29 is 4.74 Å². The van der Waals surface area contributed by atoms with Crippen LogP contribution >= 0.6 is 11.6 Å². The van der Waals surface area contributed by atoms with Gasteiger partial charge in [-0.25, -0.2) is 0 Å². The highest BCUT2D eigenvalue weighted by atomic mass is 35.5. The van der Waals surface area contributed by atoms with E-state index in [9.17, 15) is 0 Å². The van der Waals surface area contributed by atoms with Crippen molar-refractivity contribution in [3.8, 4) is 5.75 Å². The molecular weight excluding hydrogens is 282 g/mol. The Kier molecular flexibility index (Phi) is 6.09. The Balaban J connectivity index is 1.82. The van der Waals surface area contributed by atoms with Gasteiger partial charge in [0.1, 0.15) is 5.75 Å². The van der Waals surface area contributed by atoms with Gasteiger partial charge >= 0.3 is 0 Å². The van der Waals surface area contributed by atoms with Crippen LogP contribution in [0.1, 0.15) is 30.5 Å². The van der Waals surface area contributed by atoms with Gasteiger partial charge in [0.05, 0.1) is 7.11 Å². The Bertz CT molecular complexity index is 571. The summed E-state index contributed by atoms with van der Waals surface area (Å²) in [6, 6.07) is 16.4. The van der Waals surface area contributed by atoms with Crippen molar-refractivity contribution in [2.24, 2.45) is 0 Å². The van der Waals surface area contributed by atoms with Gasteiger partial charge in [0.2, 0.25) is 0 Å². The van der Waals surface area contributed by atoms with Gasteiger partial charge in [-0.15, -0.1) is 0 Å². The standard InChI is InChI=1S/C18H22ClNO/c1-14(16-10-4-6-12-18(16)21-2)20-13-7-9-15-8-3-5-11-17(15)19/h3-6,8,10-12,14,20H,7,9,13H2,1-2H3. The molecule has 2 aromatic carbocycles. The van der Waals surface area contributed by atoms with Crippen LogP contribution in [0.5, 0.6) is 5.75 Å². The number of nitrogens with one attached hydrogen (secondary N) is 1. The molecule has 0 aromatic heterocycles. The topological polar surface area (TPSA) is 21.3 Å². The lowest BCUT2D eigenvalue weighted by molar-refractivity contribution is 0.401. The molecule has 1 N–H and O–H groups in total. The van der Waals surface area contributed by atoms with Gasteiger partial charge < -0.3 is 10.1 Å². The molecule has 0 saturated heterocycles. The lowest BCUT2D eigenvalue weighted by atomic mass is 10.1. The summed E-state index contributed by atoms with van der Waals surface area (Å²) in [6.45, 7) is 3.11. The number of ether oxygens (including phenoxy) is 1. The van der Waals surface area contributed by atoms with Gasteiger partial charge in [-0.3, -0.25) is 0 Å². The largest absolute Gasteiger partial charge is 0.496 e. The molecule has 1 unspecified atom stereocenters. The van der Waals surface area contributed by atoms with Gasteiger partial charge in [0.25, 0.3) is 0 Å². The molecule has 2 aromatic rings. The average Bonchev–Trinajstić information content (AvgIpc) is 2.52. The summed E-state index contributed by atoms with van der Waals surface area (Å²) in [7, 11) is 1.71. The molecule has 0 aliphatic rings. The van der Waals surface area contributed by atoms with Gasteiger partial charge in [-0.2, -0.15) is 0 Å². The molecular formula is C18H22ClNO. The van der Waals surface area contributed by atoms with E-state index in [1.807, 2.05) is 36.4 Å². The zero-order chi connectivity index (χ0) is 15.1. The van der Waals surface area contributed by atoms with Crippen LogP contribution < -0.4 is 10.1 Å². The van der Waals surface area contributed by atoms with Crippen molar-refractivity contribution in [2.75, 3.05) is 13.7 Å². The second-order valence-electron chi connectivity index (χ2n) is 5.11. The van der Waals surface area contributed by atoms with Crippen molar-refractivity contribution in [1.29, 1.82) is 0 Å². The third-order valence-corrected chi connectivity index (χ3v) is 4.01. The van der Waals surface area contributed by atoms with Crippen LogP contribution in [0.2, 0.25) is 5.02 Å². The Hall–Kier alpha value is -1.51. The molecule has 0 aliphatic heterocycles. The first-order chi connectivity index (χ1) is 10.2. The zero-order valence-corrected chi connectivity index (χ0v) is 13.4. The van der Waals surface area contributed by atoms with Crippen LogP contribution in [0, 0.1) is 0 Å². The third kappa shape index (κ3) is 4.48. The number of aryl methyl sites for hydroxylation is 1. The SMILES string of the molecule is COc1ccccc1C(C)NCCCc1ccccc1Cl.